The Hall–Kier alpha value is -1.53. The first-order chi connectivity index (χ1) is 9.82. The Morgan fingerprint density at radius 3 is 2.24 bits per heavy atom. The Morgan fingerprint density at radius 2 is 1.71 bits per heavy atom. The third-order valence-electron chi connectivity index (χ3n) is 3.04. The van der Waals surface area contributed by atoms with Gasteiger partial charge in [0.25, 0.3) is 0 Å². The van der Waals surface area contributed by atoms with E-state index in [1.54, 1.807) is 18.2 Å². The van der Waals surface area contributed by atoms with Crippen LogP contribution < -0.4 is 4.74 Å². The van der Waals surface area contributed by atoms with E-state index in [0.717, 1.165) is 16.6 Å². The van der Waals surface area contributed by atoms with Crippen LogP contribution in [0.1, 0.15) is 22.8 Å². The molecule has 0 heterocycles. The van der Waals surface area contributed by atoms with Crippen LogP contribution in [-0.4, -0.2) is 12.2 Å². The third-order valence-corrected chi connectivity index (χ3v) is 3.54. The van der Waals surface area contributed by atoms with Crippen LogP contribution in [0.3, 0.4) is 0 Å². The molecule has 0 amide bonds. The Labute approximate surface area is 128 Å². The highest BCUT2D eigenvalue weighted by atomic mass is 79.9. The second-order valence-electron chi connectivity index (χ2n) is 4.41. The molecule has 0 aromatic heterocycles. The fraction of sp³-hybridized carbons (Fsp3) is 0.200. The number of aliphatic hydroxyl groups is 1. The summed E-state index contributed by atoms with van der Waals surface area (Å²) >= 11 is 3.29. The van der Waals surface area contributed by atoms with Crippen molar-refractivity contribution in [3.05, 3.63) is 63.6 Å². The maximum atomic E-state index is 12.5. The van der Waals surface area contributed by atoms with Crippen molar-refractivity contribution in [1.29, 1.82) is 0 Å². The highest BCUT2D eigenvalue weighted by Gasteiger charge is 2.30. The van der Waals surface area contributed by atoms with Gasteiger partial charge < -0.3 is 9.84 Å². The number of ether oxygens (including phenoxy) is 1. The van der Waals surface area contributed by atoms with Crippen molar-refractivity contribution < 1.29 is 23.0 Å². The molecule has 2 rings (SSSR count). The fourth-order valence-electron chi connectivity index (χ4n) is 1.94. The van der Waals surface area contributed by atoms with Crippen molar-refractivity contribution in [2.24, 2.45) is 0 Å². The van der Waals surface area contributed by atoms with E-state index < -0.39 is 17.8 Å². The Morgan fingerprint density at radius 1 is 1.10 bits per heavy atom. The minimum Gasteiger partial charge on any atom is -0.496 e. The van der Waals surface area contributed by atoms with Gasteiger partial charge in [-0.05, 0) is 29.8 Å². The zero-order valence-corrected chi connectivity index (χ0v) is 12.6. The molecule has 2 aromatic carbocycles. The van der Waals surface area contributed by atoms with Crippen LogP contribution in [0.5, 0.6) is 5.75 Å². The minimum atomic E-state index is -4.39. The van der Waals surface area contributed by atoms with Crippen molar-refractivity contribution in [3.63, 3.8) is 0 Å². The van der Waals surface area contributed by atoms with Crippen LogP contribution >= 0.6 is 15.9 Å². The quantitative estimate of drug-likeness (QED) is 0.869. The van der Waals surface area contributed by atoms with Crippen molar-refractivity contribution >= 4 is 15.9 Å². The Bertz CT molecular complexity index is 624. The number of aliphatic hydroxyl groups excluding tert-OH is 1. The molecule has 0 bridgehead atoms. The first-order valence-corrected chi connectivity index (χ1v) is 6.81. The van der Waals surface area contributed by atoms with Gasteiger partial charge in [-0.1, -0.05) is 34.1 Å². The molecule has 0 saturated heterocycles. The maximum Gasteiger partial charge on any atom is 0.416 e. The monoisotopic (exact) mass is 360 g/mol. The molecule has 1 unspecified atom stereocenters. The van der Waals surface area contributed by atoms with Gasteiger partial charge in [-0.25, -0.2) is 0 Å². The normalized spacial score (nSPS) is 13.0. The van der Waals surface area contributed by atoms with E-state index >= 15 is 0 Å². The summed E-state index contributed by atoms with van der Waals surface area (Å²) in [6.07, 6.45) is -5.45. The molecule has 0 aliphatic carbocycles. The van der Waals surface area contributed by atoms with E-state index in [-0.39, 0.29) is 0 Å². The fourth-order valence-corrected chi connectivity index (χ4v) is 2.28. The average Bonchev–Trinajstić information content (AvgIpc) is 2.45. The predicted molar refractivity (Wildman–Crippen MR) is 76.2 cm³/mol. The molecule has 6 heteroatoms. The van der Waals surface area contributed by atoms with Crippen LogP contribution in [0.4, 0.5) is 13.2 Å². The smallest absolute Gasteiger partial charge is 0.416 e. The van der Waals surface area contributed by atoms with Crippen LogP contribution in [0.25, 0.3) is 0 Å². The molecule has 0 aliphatic heterocycles. The largest absolute Gasteiger partial charge is 0.496 e. The van der Waals surface area contributed by atoms with Gasteiger partial charge >= 0.3 is 6.18 Å². The second kappa shape index (κ2) is 6.07. The molecule has 1 atom stereocenters. The lowest BCUT2D eigenvalue weighted by molar-refractivity contribution is -0.137. The topological polar surface area (TPSA) is 29.5 Å². The van der Waals surface area contributed by atoms with Crippen molar-refractivity contribution in [1.82, 2.24) is 0 Å². The summed E-state index contributed by atoms with van der Waals surface area (Å²) < 4.78 is 43.5. The van der Waals surface area contributed by atoms with Crippen LogP contribution in [0, 0.1) is 0 Å². The number of methoxy groups -OCH3 is 1. The van der Waals surface area contributed by atoms with E-state index in [1.165, 1.54) is 19.2 Å². The van der Waals surface area contributed by atoms with Gasteiger partial charge in [-0.3, -0.25) is 0 Å². The van der Waals surface area contributed by atoms with Gasteiger partial charge in [0.05, 0.1) is 12.7 Å². The highest BCUT2D eigenvalue weighted by Crippen LogP contribution is 2.34. The number of halogens is 4. The summed E-state index contributed by atoms with van der Waals surface area (Å²) in [4.78, 5) is 0. The third kappa shape index (κ3) is 3.57. The first kappa shape index (κ1) is 15.9. The number of benzene rings is 2. The second-order valence-corrected chi connectivity index (χ2v) is 5.32. The molecule has 0 aliphatic rings. The molecule has 2 nitrogen and oxygen atoms in total. The van der Waals surface area contributed by atoms with Gasteiger partial charge in [0, 0.05) is 10.0 Å². The van der Waals surface area contributed by atoms with Crippen molar-refractivity contribution in [2.75, 3.05) is 7.11 Å². The van der Waals surface area contributed by atoms with E-state index in [1.807, 2.05) is 0 Å². The number of alkyl halides is 3. The lowest BCUT2D eigenvalue weighted by atomic mass is 9.99. The number of hydrogen-bond acceptors (Lipinski definition) is 2. The lowest BCUT2D eigenvalue weighted by Crippen LogP contribution is -2.06. The lowest BCUT2D eigenvalue weighted by Gasteiger charge is -2.16. The molecule has 0 radical (unpaired) electrons. The van der Waals surface area contributed by atoms with Gasteiger partial charge in [0.2, 0.25) is 0 Å². The molecular formula is C15H12BrF3O2. The Kier molecular flexibility index (Phi) is 4.58. The molecule has 1 N–H and O–H groups in total. The molecule has 0 spiro atoms. The molecular weight excluding hydrogens is 349 g/mol. The molecule has 2 aromatic rings. The zero-order chi connectivity index (χ0) is 15.6. The van der Waals surface area contributed by atoms with Gasteiger partial charge in [-0.15, -0.1) is 0 Å². The van der Waals surface area contributed by atoms with Gasteiger partial charge in [0.1, 0.15) is 11.9 Å². The SMILES string of the molecule is COc1cc(Br)ccc1C(O)c1ccc(C(F)(F)F)cc1. The van der Waals surface area contributed by atoms with Crippen molar-refractivity contribution in [3.8, 4) is 5.75 Å². The Balaban J connectivity index is 2.34. The van der Waals surface area contributed by atoms with Crippen LogP contribution in [0.2, 0.25) is 0 Å². The van der Waals surface area contributed by atoms with Crippen LogP contribution in [0.15, 0.2) is 46.9 Å². The average molecular weight is 361 g/mol. The molecule has 0 saturated carbocycles. The summed E-state index contributed by atoms with van der Waals surface area (Å²) in [7, 11) is 1.46. The van der Waals surface area contributed by atoms with Gasteiger partial charge in [0.15, 0.2) is 0 Å². The van der Waals surface area contributed by atoms with E-state index in [9.17, 15) is 18.3 Å². The summed E-state index contributed by atoms with van der Waals surface area (Å²) in [6, 6.07) is 9.48. The first-order valence-electron chi connectivity index (χ1n) is 6.01. The zero-order valence-electron chi connectivity index (χ0n) is 11.0. The summed E-state index contributed by atoms with van der Waals surface area (Å²) in [5, 5.41) is 10.3. The van der Waals surface area contributed by atoms with E-state index in [2.05, 4.69) is 15.9 Å². The highest BCUT2D eigenvalue weighted by molar-refractivity contribution is 9.10. The standard InChI is InChI=1S/C15H12BrF3O2/c1-21-13-8-11(16)6-7-12(13)14(20)9-2-4-10(5-3-9)15(17,18)19/h2-8,14,20H,1H3. The van der Waals surface area contributed by atoms with Gasteiger partial charge in [-0.2, -0.15) is 13.2 Å². The summed E-state index contributed by atoms with van der Waals surface area (Å²) in [5.74, 6) is 0.455. The summed E-state index contributed by atoms with van der Waals surface area (Å²) in [6.45, 7) is 0. The summed E-state index contributed by atoms with van der Waals surface area (Å²) in [5.41, 5.74) is 0.102. The van der Waals surface area contributed by atoms with Crippen molar-refractivity contribution in [2.45, 2.75) is 12.3 Å². The maximum absolute atomic E-state index is 12.5. The predicted octanol–water partition coefficient (Wildman–Crippen LogP) is 4.56. The van der Waals surface area contributed by atoms with E-state index in [0.29, 0.717) is 16.9 Å². The van der Waals surface area contributed by atoms with Crippen LogP contribution in [-0.2, 0) is 6.18 Å². The van der Waals surface area contributed by atoms with E-state index in [4.69, 9.17) is 4.74 Å². The minimum absolute atomic E-state index is 0.364. The number of hydrogen-bond donors (Lipinski definition) is 1. The number of rotatable bonds is 3. The molecule has 112 valence electrons. The molecule has 21 heavy (non-hydrogen) atoms. The molecule has 0 fully saturated rings.